The fourth-order valence-electron chi connectivity index (χ4n) is 4.70. The number of benzene rings is 1. The maximum absolute atomic E-state index is 13.5. The topological polar surface area (TPSA) is 56.3 Å². The van der Waals surface area contributed by atoms with Gasteiger partial charge in [-0.15, -0.1) is 0 Å². The van der Waals surface area contributed by atoms with Gasteiger partial charge in [-0.25, -0.2) is 0 Å². The Bertz CT molecular complexity index is 837. The van der Waals surface area contributed by atoms with Crippen LogP contribution in [0, 0.1) is 6.92 Å². The number of likely N-dealkylation sites (tertiary alicyclic amines) is 1. The second kappa shape index (κ2) is 9.51. The molecule has 168 valence electrons. The molecular weight excluding hydrogens is 392 g/mol. The van der Waals surface area contributed by atoms with Gasteiger partial charge in [-0.2, -0.15) is 0 Å². The van der Waals surface area contributed by atoms with Crippen molar-refractivity contribution in [2.75, 3.05) is 66.6 Å². The van der Waals surface area contributed by atoms with Crippen LogP contribution < -0.4 is 0 Å². The first kappa shape index (κ1) is 22.0. The van der Waals surface area contributed by atoms with Crippen LogP contribution in [0.15, 0.2) is 30.0 Å². The van der Waals surface area contributed by atoms with Crippen molar-refractivity contribution >= 4 is 17.4 Å². The van der Waals surface area contributed by atoms with Crippen LogP contribution in [0.25, 0.3) is 5.57 Å². The van der Waals surface area contributed by atoms with Gasteiger partial charge in [-0.05, 0) is 45.5 Å². The molecule has 3 aliphatic rings. The quantitative estimate of drug-likeness (QED) is 0.642. The first-order valence-corrected chi connectivity index (χ1v) is 11.3. The van der Waals surface area contributed by atoms with Gasteiger partial charge in [0.25, 0.3) is 11.8 Å². The highest BCUT2D eigenvalue weighted by molar-refractivity contribution is 6.35. The summed E-state index contributed by atoms with van der Waals surface area (Å²) < 4.78 is 5.41. The highest BCUT2D eigenvalue weighted by Gasteiger charge is 2.42. The van der Waals surface area contributed by atoms with E-state index in [1.165, 1.54) is 4.90 Å². The first-order chi connectivity index (χ1) is 15.0. The lowest BCUT2D eigenvalue weighted by Crippen LogP contribution is -2.45. The van der Waals surface area contributed by atoms with Crippen molar-refractivity contribution in [1.29, 1.82) is 0 Å². The Morgan fingerprint density at radius 2 is 1.61 bits per heavy atom. The largest absolute Gasteiger partial charge is 0.379 e. The Morgan fingerprint density at radius 3 is 2.26 bits per heavy atom. The molecule has 2 amide bonds. The molecule has 0 atom stereocenters. The molecule has 0 bridgehead atoms. The molecule has 2 saturated heterocycles. The summed E-state index contributed by atoms with van der Waals surface area (Å²) >= 11 is 0. The molecule has 4 rings (SSSR count). The molecule has 0 saturated carbocycles. The molecule has 1 aromatic rings. The zero-order valence-electron chi connectivity index (χ0n) is 19.0. The fraction of sp³-hybridized carbons (Fsp3) is 0.583. The van der Waals surface area contributed by atoms with Crippen molar-refractivity contribution in [2.24, 2.45) is 0 Å². The minimum atomic E-state index is -0.170. The number of hydrogen-bond donors (Lipinski definition) is 0. The van der Waals surface area contributed by atoms with Gasteiger partial charge in [0, 0.05) is 39.3 Å². The molecular formula is C24H34N4O3. The van der Waals surface area contributed by atoms with Gasteiger partial charge >= 0.3 is 0 Å². The first-order valence-electron chi connectivity index (χ1n) is 11.3. The van der Waals surface area contributed by atoms with Gasteiger partial charge in [0.1, 0.15) is 5.70 Å². The van der Waals surface area contributed by atoms with Crippen molar-refractivity contribution < 1.29 is 14.3 Å². The predicted molar refractivity (Wildman–Crippen MR) is 120 cm³/mol. The van der Waals surface area contributed by atoms with Crippen LogP contribution in [-0.2, 0) is 14.3 Å². The van der Waals surface area contributed by atoms with E-state index in [1.54, 1.807) is 0 Å². The molecule has 0 N–H and O–H groups in total. The van der Waals surface area contributed by atoms with Crippen LogP contribution in [0.2, 0.25) is 0 Å². The van der Waals surface area contributed by atoms with E-state index in [0.717, 1.165) is 50.1 Å². The summed E-state index contributed by atoms with van der Waals surface area (Å²) in [6, 6.07) is 8.20. The van der Waals surface area contributed by atoms with Crippen LogP contribution in [0.1, 0.15) is 24.0 Å². The standard InChI is InChI=1S/C24H34N4O3/c1-18-4-6-19(7-5-18)21-22(26(3)20-8-10-25(2)11-9-20)24(30)28(23(21)29)13-12-27-14-16-31-17-15-27/h4-7,20H,8-17H2,1-3H3. The second-order valence-electron chi connectivity index (χ2n) is 8.95. The van der Waals surface area contributed by atoms with Gasteiger partial charge in [0.15, 0.2) is 0 Å². The smallest absolute Gasteiger partial charge is 0.277 e. The van der Waals surface area contributed by atoms with Gasteiger partial charge in [0.05, 0.1) is 18.8 Å². The van der Waals surface area contributed by atoms with Gasteiger partial charge in [-0.1, -0.05) is 29.8 Å². The van der Waals surface area contributed by atoms with Crippen LogP contribution >= 0.6 is 0 Å². The lowest BCUT2D eigenvalue weighted by Gasteiger charge is -2.36. The molecule has 0 spiro atoms. The monoisotopic (exact) mass is 426 g/mol. The van der Waals surface area contributed by atoms with E-state index in [4.69, 9.17) is 4.74 Å². The fourth-order valence-corrected chi connectivity index (χ4v) is 4.70. The third-order valence-electron chi connectivity index (χ3n) is 6.82. The Labute approximate surface area is 185 Å². The normalized spacial score (nSPS) is 22.0. The van der Waals surface area contributed by atoms with E-state index in [-0.39, 0.29) is 17.9 Å². The number of carbonyl (C=O) groups is 2. The number of rotatable bonds is 6. The Kier molecular flexibility index (Phi) is 6.74. The summed E-state index contributed by atoms with van der Waals surface area (Å²) in [5, 5.41) is 0. The minimum absolute atomic E-state index is 0.157. The van der Waals surface area contributed by atoms with Crippen LogP contribution in [0.4, 0.5) is 0 Å². The van der Waals surface area contributed by atoms with Crippen LogP contribution in [0.5, 0.6) is 0 Å². The third kappa shape index (κ3) is 4.68. The molecule has 0 aliphatic carbocycles. The molecule has 31 heavy (non-hydrogen) atoms. The number of ether oxygens (including phenoxy) is 1. The lowest BCUT2D eigenvalue weighted by molar-refractivity contribution is -0.138. The summed E-state index contributed by atoms with van der Waals surface area (Å²) in [4.78, 5) is 35.1. The average molecular weight is 427 g/mol. The average Bonchev–Trinajstić information content (AvgIpc) is 3.03. The number of imide groups is 1. The lowest BCUT2D eigenvalue weighted by atomic mass is 9.99. The molecule has 7 nitrogen and oxygen atoms in total. The van der Waals surface area contributed by atoms with Crippen molar-refractivity contribution in [2.45, 2.75) is 25.8 Å². The molecule has 0 aromatic heterocycles. The van der Waals surface area contributed by atoms with E-state index in [1.807, 2.05) is 38.2 Å². The number of likely N-dealkylation sites (N-methyl/N-ethyl adjacent to an activating group) is 1. The number of nitrogens with zero attached hydrogens (tertiary/aromatic N) is 4. The SMILES string of the molecule is Cc1ccc(C2=C(N(C)C3CCN(C)CC3)C(=O)N(CCN3CCOCC3)C2=O)cc1. The number of morpholine rings is 1. The highest BCUT2D eigenvalue weighted by Crippen LogP contribution is 2.33. The van der Waals surface area contributed by atoms with E-state index in [9.17, 15) is 9.59 Å². The molecule has 0 radical (unpaired) electrons. The molecule has 3 heterocycles. The summed E-state index contributed by atoms with van der Waals surface area (Å²) in [5.74, 6) is -0.327. The zero-order chi connectivity index (χ0) is 22.0. The Morgan fingerprint density at radius 1 is 0.968 bits per heavy atom. The van der Waals surface area contributed by atoms with Crippen LogP contribution in [-0.4, -0.2) is 104 Å². The molecule has 0 unspecified atom stereocenters. The summed E-state index contributed by atoms with van der Waals surface area (Å²) in [6.07, 6.45) is 1.99. The van der Waals surface area contributed by atoms with Gasteiger partial charge < -0.3 is 14.5 Å². The molecule has 3 aliphatic heterocycles. The summed E-state index contributed by atoms with van der Waals surface area (Å²) in [7, 11) is 4.11. The maximum Gasteiger partial charge on any atom is 0.277 e. The molecule has 1 aromatic carbocycles. The van der Waals surface area contributed by atoms with Crippen molar-refractivity contribution in [3.05, 3.63) is 41.1 Å². The van der Waals surface area contributed by atoms with E-state index >= 15 is 0 Å². The maximum atomic E-state index is 13.5. The molecule has 2 fully saturated rings. The minimum Gasteiger partial charge on any atom is -0.379 e. The summed E-state index contributed by atoms with van der Waals surface area (Å²) in [6.45, 7) is 8.24. The Hall–Kier alpha value is -2.22. The number of amides is 2. The number of hydrogen-bond acceptors (Lipinski definition) is 6. The van der Waals surface area contributed by atoms with Crippen LogP contribution in [0.3, 0.4) is 0 Å². The molecule has 7 heteroatoms. The number of carbonyl (C=O) groups excluding carboxylic acids is 2. The van der Waals surface area contributed by atoms with Crippen molar-refractivity contribution in [3.8, 4) is 0 Å². The van der Waals surface area contributed by atoms with Crippen molar-refractivity contribution in [1.82, 2.24) is 19.6 Å². The number of aryl methyl sites for hydroxylation is 1. The van der Waals surface area contributed by atoms with E-state index in [0.29, 0.717) is 37.6 Å². The second-order valence-corrected chi connectivity index (χ2v) is 8.95. The predicted octanol–water partition coefficient (Wildman–Crippen LogP) is 1.43. The van der Waals surface area contributed by atoms with Gasteiger partial charge in [-0.3, -0.25) is 19.4 Å². The Balaban J connectivity index is 1.60. The summed E-state index contributed by atoms with van der Waals surface area (Å²) in [5.41, 5.74) is 3.07. The zero-order valence-corrected chi connectivity index (χ0v) is 19.0. The number of piperidine rings is 1. The van der Waals surface area contributed by atoms with E-state index in [2.05, 4.69) is 21.7 Å². The van der Waals surface area contributed by atoms with Gasteiger partial charge in [0.2, 0.25) is 0 Å². The highest BCUT2D eigenvalue weighted by atomic mass is 16.5. The third-order valence-corrected chi connectivity index (χ3v) is 6.82. The van der Waals surface area contributed by atoms with E-state index < -0.39 is 0 Å². The van der Waals surface area contributed by atoms with Crippen molar-refractivity contribution in [3.63, 3.8) is 0 Å².